The molecule has 2 amide bonds. The van der Waals surface area contributed by atoms with Crippen LogP contribution in [0.4, 0.5) is 8.78 Å². The number of benzene rings is 2. The minimum absolute atomic E-state index is 0.246. The molecule has 1 aliphatic carbocycles. The SMILES string of the molecule is O=C(CNC(=O)c1ccc(F)cc1F)NCc1cccc(OC2CCCCC2)c1. The van der Waals surface area contributed by atoms with Gasteiger partial charge < -0.3 is 15.4 Å². The van der Waals surface area contributed by atoms with E-state index in [2.05, 4.69) is 10.6 Å². The maximum Gasteiger partial charge on any atom is 0.254 e. The van der Waals surface area contributed by atoms with Crippen LogP contribution in [0.25, 0.3) is 0 Å². The Morgan fingerprint density at radius 3 is 2.55 bits per heavy atom. The van der Waals surface area contributed by atoms with E-state index in [9.17, 15) is 18.4 Å². The summed E-state index contributed by atoms with van der Waals surface area (Å²) in [6.45, 7) is -0.0323. The zero-order valence-electron chi connectivity index (χ0n) is 16.0. The second-order valence-corrected chi connectivity index (χ2v) is 7.11. The van der Waals surface area contributed by atoms with Gasteiger partial charge in [-0.15, -0.1) is 0 Å². The molecule has 0 aromatic heterocycles. The standard InChI is InChI=1S/C22H24F2N2O3/c23-16-9-10-19(20(24)12-16)22(28)26-14-21(27)25-13-15-5-4-8-18(11-15)29-17-6-2-1-3-7-17/h4-5,8-12,17H,1-3,6-7,13-14H2,(H,25,27)(H,26,28). The van der Waals surface area contributed by atoms with Crippen LogP contribution in [0.3, 0.4) is 0 Å². The number of carbonyl (C=O) groups excluding carboxylic acids is 2. The normalized spacial score (nSPS) is 14.3. The van der Waals surface area contributed by atoms with Gasteiger partial charge >= 0.3 is 0 Å². The van der Waals surface area contributed by atoms with Gasteiger partial charge in [-0.1, -0.05) is 18.6 Å². The molecule has 1 aliphatic rings. The topological polar surface area (TPSA) is 67.4 Å². The minimum atomic E-state index is -0.974. The van der Waals surface area contributed by atoms with Gasteiger partial charge in [-0.2, -0.15) is 0 Å². The Bertz CT molecular complexity index is 867. The van der Waals surface area contributed by atoms with Gasteiger partial charge in [-0.05, 0) is 55.5 Å². The van der Waals surface area contributed by atoms with Crippen molar-refractivity contribution in [3.05, 3.63) is 65.2 Å². The van der Waals surface area contributed by atoms with Crippen LogP contribution in [-0.2, 0) is 11.3 Å². The van der Waals surface area contributed by atoms with Gasteiger partial charge in [0.25, 0.3) is 5.91 Å². The average molecular weight is 402 g/mol. The molecular weight excluding hydrogens is 378 g/mol. The molecule has 1 fully saturated rings. The Kier molecular flexibility index (Phi) is 7.16. The Balaban J connectivity index is 1.45. The molecule has 3 rings (SSSR count). The highest BCUT2D eigenvalue weighted by Crippen LogP contribution is 2.23. The molecule has 2 aromatic carbocycles. The molecule has 0 spiro atoms. The van der Waals surface area contributed by atoms with Crippen molar-refractivity contribution in [3.8, 4) is 5.75 Å². The van der Waals surface area contributed by atoms with Crippen molar-refractivity contribution in [1.29, 1.82) is 0 Å². The van der Waals surface area contributed by atoms with Gasteiger partial charge in [0.15, 0.2) is 0 Å². The summed E-state index contributed by atoms with van der Waals surface area (Å²) < 4.78 is 32.5. The largest absolute Gasteiger partial charge is 0.490 e. The third kappa shape index (κ3) is 6.27. The fourth-order valence-electron chi connectivity index (χ4n) is 3.30. The Hall–Kier alpha value is -2.96. The average Bonchev–Trinajstić information content (AvgIpc) is 2.71. The van der Waals surface area contributed by atoms with Crippen molar-refractivity contribution in [2.75, 3.05) is 6.54 Å². The van der Waals surface area contributed by atoms with E-state index >= 15 is 0 Å². The smallest absolute Gasteiger partial charge is 0.254 e. The number of nitrogens with one attached hydrogen (secondary N) is 2. The van der Waals surface area contributed by atoms with Crippen molar-refractivity contribution in [3.63, 3.8) is 0 Å². The number of hydrogen-bond acceptors (Lipinski definition) is 3. The molecule has 0 atom stereocenters. The molecule has 0 bridgehead atoms. The number of halogens is 2. The highest BCUT2D eigenvalue weighted by Gasteiger charge is 2.15. The summed E-state index contributed by atoms with van der Waals surface area (Å²) in [7, 11) is 0. The molecule has 0 saturated heterocycles. The zero-order valence-corrected chi connectivity index (χ0v) is 16.0. The van der Waals surface area contributed by atoms with E-state index in [4.69, 9.17) is 4.74 Å². The maximum atomic E-state index is 13.6. The molecule has 0 aliphatic heterocycles. The fourth-order valence-corrected chi connectivity index (χ4v) is 3.30. The van der Waals surface area contributed by atoms with Crippen molar-refractivity contribution in [2.24, 2.45) is 0 Å². The molecule has 2 N–H and O–H groups in total. The molecule has 2 aromatic rings. The van der Waals surface area contributed by atoms with Crippen LogP contribution in [0.1, 0.15) is 48.0 Å². The molecule has 1 saturated carbocycles. The lowest BCUT2D eigenvalue weighted by Gasteiger charge is -2.23. The molecule has 5 nitrogen and oxygen atoms in total. The Morgan fingerprint density at radius 2 is 1.79 bits per heavy atom. The predicted octanol–water partition coefficient (Wildman–Crippen LogP) is 3.72. The number of ether oxygens (including phenoxy) is 1. The molecule has 29 heavy (non-hydrogen) atoms. The lowest BCUT2D eigenvalue weighted by Crippen LogP contribution is -2.36. The molecule has 0 radical (unpaired) electrons. The number of carbonyl (C=O) groups is 2. The summed E-state index contributed by atoms with van der Waals surface area (Å²) in [4.78, 5) is 23.9. The van der Waals surface area contributed by atoms with Crippen LogP contribution < -0.4 is 15.4 Å². The minimum Gasteiger partial charge on any atom is -0.490 e. The Labute approximate surface area is 168 Å². The summed E-state index contributed by atoms with van der Waals surface area (Å²) in [6.07, 6.45) is 6.01. The van der Waals surface area contributed by atoms with Crippen molar-refractivity contribution in [2.45, 2.75) is 44.8 Å². The molecule has 0 unspecified atom stereocenters. The monoisotopic (exact) mass is 402 g/mol. The second-order valence-electron chi connectivity index (χ2n) is 7.11. The summed E-state index contributed by atoms with van der Waals surface area (Å²) in [6, 6.07) is 10.2. The quantitative estimate of drug-likeness (QED) is 0.742. The Morgan fingerprint density at radius 1 is 1.00 bits per heavy atom. The van der Waals surface area contributed by atoms with Crippen molar-refractivity contribution in [1.82, 2.24) is 10.6 Å². The summed E-state index contributed by atoms with van der Waals surface area (Å²) in [5, 5.41) is 5.02. The van der Waals surface area contributed by atoms with E-state index in [1.54, 1.807) is 0 Å². The van der Waals surface area contributed by atoms with E-state index in [0.29, 0.717) is 6.07 Å². The van der Waals surface area contributed by atoms with E-state index in [1.807, 2.05) is 24.3 Å². The first kappa shape index (κ1) is 20.8. The first-order valence-electron chi connectivity index (χ1n) is 9.77. The first-order chi connectivity index (χ1) is 14.0. The van der Waals surface area contributed by atoms with Crippen LogP contribution >= 0.6 is 0 Å². The fraction of sp³-hybridized carbons (Fsp3) is 0.364. The first-order valence-corrected chi connectivity index (χ1v) is 9.77. The van der Waals surface area contributed by atoms with Crippen LogP contribution in [-0.4, -0.2) is 24.5 Å². The van der Waals surface area contributed by atoms with Gasteiger partial charge in [0, 0.05) is 12.6 Å². The van der Waals surface area contributed by atoms with Crippen LogP contribution in [0.15, 0.2) is 42.5 Å². The molecule has 7 heteroatoms. The van der Waals surface area contributed by atoms with Gasteiger partial charge in [0.05, 0.1) is 18.2 Å². The molecular formula is C22H24F2N2O3. The maximum absolute atomic E-state index is 13.6. The lowest BCUT2D eigenvalue weighted by molar-refractivity contribution is -0.120. The van der Waals surface area contributed by atoms with Gasteiger partial charge in [-0.3, -0.25) is 9.59 Å². The third-order valence-electron chi connectivity index (χ3n) is 4.83. The van der Waals surface area contributed by atoms with Crippen LogP contribution in [0, 0.1) is 11.6 Å². The molecule has 0 heterocycles. The number of hydrogen-bond donors (Lipinski definition) is 2. The third-order valence-corrected chi connectivity index (χ3v) is 4.83. The van der Waals surface area contributed by atoms with E-state index < -0.39 is 23.4 Å². The van der Waals surface area contributed by atoms with Crippen LogP contribution in [0.2, 0.25) is 0 Å². The highest BCUT2D eigenvalue weighted by molar-refractivity contribution is 5.96. The van der Waals surface area contributed by atoms with Gasteiger partial charge in [-0.25, -0.2) is 8.78 Å². The van der Waals surface area contributed by atoms with Crippen molar-refractivity contribution < 1.29 is 23.1 Å². The number of amides is 2. The predicted molar refractivity (Wildman–Crippen MR) is 104 cm³/mol. The van der Waals surface area contributed by atoms with Gasteiger partial charge in [0.1, 0.15) is 17.4 Å². The van der Waals surface area contributed by atoms with E-state index in [-0.39, 0.29) is 24.8 Å². The highest BCUT2D eigenvalue weighted by atomic mass is 19.1. The van der Waals surface area contributed by atoms with Gasteiger partial charge in [0.2, 0.25) is 5.91 Å². The van der Waals surface area contributed by atoms with E-state index in [0.717, 1.165) is 36.3 Å². The zero-order chi connectivity index (χ0) is 20.6. The summed E-state index contributed by atoms with van der Waals surface area (Å²) in [5.41, 5.74) is 0.564. The second kappa shape index (κ2) is 10.0. The summed E-state index contributed by atoms with van der Waals surface area (Å²) >= 11 is 0. The van der Waals surface area contributed by atoms with Crippen LogP contribution in [0.5, 0.6) is 5.75 Å². The van der Waals surface area contributed by atoms with Crippen molar-refractivity contribution >= 4 is 11.8 Å². The van der Waals surface area contributed by atoms with E-state index in [1.165, 1.54) is 19.3 Å². The number of rotatable bonds is 7. The molecule has 154 valence electrons. The summed E-state index contributed by atoms with van der Waals surface area (Å²) in [5.74, 6) is -2.16. The lowest BCUT2D eigenvalue weighted by atomic mass is 9.98.